The fraction of sp³-hybridized carbons (Fsp3) is 0.889. The maximum atomic E-state index is 10.3. The zero-order chi connectivity index (χ0) is 27.2. The molecule has 8 nitrogen and oxygen atoms in total. The van der Waals surface area contributed by atoms with E-state index in [4.69, 9.17) is 35.7 Å². The molecule has 0 aliphatic heterocycles. The number of unbranched alkanes of at least 4 members (excludes halogenated alkanes) is 11. The third-order valence-corrected chi connectivity index (χ3v) is 5.83. The number of aliphatic hydroxyl groups excluding tert-OH is 6. The Labute approximate surface area is 213 Å². The Bertz CT molecular complexity index is 417. The summed E-state index contributed by atoms with van der Waals surface area (Å²) in [4.78, 5) is 10.3. The number of aliphatic hydroxyl groups is 6. The van der Waals surface area contributed by atoms with E-state index in [1.807, 2.05) is 6.92 Å². The van der Waals surface area contributed by atoms with Crippen LogP contribution in [0.4, 0.5) is 0 Å². The summed E-state index contributed by atoms with van der Waals surface area (Å²) in [6.45, 7) is 2.88. The Morgan fingerprint density at radius 2 is 1.09 bits per heavy atom. The molecule has 0 spiro atoms. The van der Waals surface area contributed by atoms with Gasteiger partial charge in [0.1, 0.15) is 6.10 Å². The summed E-state index contributed by atoms with van der Waals surface area (Å²) in [5.74, 6) is -0.664. The number of hydrogen-bond donors (Lipinski definition) is 7. The summed E-state index contributed by atoms with van der Waals surface area (Å²) < 4.78 is 0. The van der Waals surface area contributed by atoms with E-state index in [-0.39, 0.29) is 33.0 Å². The van der Waals surface area contributed by atoms with Crippen LogP contribution < -0.4 is 0 Å². The molecule has 0 aromatic rings. The van der Waals surface area contributed by atoms with Gasteiger partial charge in [0.2, 0.25) is 0 Å². The minimum absolute atomic E-state index is 0.156. The van der Waals surface area contributed by atoms with Crippen LogP contribution in [0.5, 0.6) is 0 Å². The average molecular weight is 509 g/mol. The first-order valence-corrected chi connectivity index (χ1v) is 13.4. The van der Waals surface area contributed by atoms with Crippen molar-refractivity contribution in [3.05, 3.63) is 12.2 Å². The van der Waals surface area contributed by atoms with Crippen LogP contribution in [0.15, 0.2) is 12.2 Å². The summed E-state index contributed by atoms with van der Waals surface area (Å²) in [6, 6.07) is 0. The number of rotatable bonds is 21. The van der Waals surface area contributed by atoms with E-state index in [2.05, 4.69) is 19.1 Å². The number of carboxylic acids is 1. The van der Waals surface area contributed by atoms with Gasteiger partial charge in [-0.05, 0) is 38.5 Å². The molecule has 0 saturated heterocycles. The molecule has 0 saturated carbocycles. The molecular formula is C27H56O8. The molecule has 35 heavy (non-hydrogen) atoms. The van der Waals surface area contributed by atoms with Crippen LogP contribution in [0.1, 0.15) is 110 Å². The van der Waals surface area contributed by atoms with Gasteiger partial charge in [-0.2, -0.15) is 0 Å². The Balaban J connectivity index is -0.000000559. The standard InChI is InChI=1S/C18H34O2.C6H14O3.C3H8O3/c1-2-3-4-5-6-7-8-9-10-11-12-13-14-15-16-17-18(19)20;1-2-6(3-7,4-8)5-9;4-1-3(6)2-5/h9-10H,2-8,11-17H2,1H3,(H,19,20);7-9H,2-5H2,1H3;3-6H,1-2H2/b10-9-;;. The molecule has 0 rings (SSSR count). The van der Waals surface area contributed by atoms with Gasteiger partial charge in [0.05, 0.1) is 33.0 Å². The first-order chi connectivity index (χ1) is 16.8. The molecule has 0 atom stereocenters. The fourth-order valence-corrected chi connectivity index (χ4v) is 2.89. The highest BCUT2D eigenvalue weighted by atomic mass is 16.4. The largest absolute Gasteiger partial charge is 0.481 e. The Morgan fingerprint density at radius 1 is 0.686 bits per heavy atom. The van der Waals surface area contributed by atoms with Crippen molar-refractivity contribution in [2.45, 2.75) is 116 Å². The average Bonchev–Trinajstić information content (AvgIpc) is 2.88. The lowest BCUT2D eigenvalue weighted by Gasteiger charge is -2.24. The van der Waals surface area contributed by atoms with Gasteiger partial charge in [-0.1, -0.05) is 77.4 Å². The van der Waals surface area contributed by atoms with Gasteiger partial charge >= 0.3 is 5.97 Å². The third kappa shape index (κ3) is 30.9. The molecule has 0 unspecified atom stereocenters. The van der Waals surface area contributed by atoms with E-state index in [0.717, 1.165) is 12.8 Å². The molecule has 8 heteroatoms. The molecular weight excluding hydrogens is 452 g/mol. The Hall–Kier alpha value is -1.03. The molecule has 0 bridgehead atoms. The third-order valence-electron chi connectivity index (χ3n) is 5.83. The van der Waals surface area contributed by atoms with Crippen LogP contribution in [0.3, 0.4) is 0 Å². The molecule has 0 fully saturated rings. The normalized spacial score (nSPS) is 11.2. The highest BCUT2D eigenvalue weighted by molar-refractivity contribution is 5.66. The Kier molecular flexibility index (Phi) is 34.1. The molecule has 0 amide bonds. The fourth-order valence-electron chi connectivity index (χ4n) is 2.89. The van der Waals surface area contributed by atoms with Gasteiger partial charge in [-0.15, -0.1) is 0 Å². The zero-order valence-electron chi connectivity index (χ0n) is 22.4. The summed E-state index contributed by atoms with van der Waals surface area (Å²) in [6.07, 6.45) is 20.9. The van der Waals surface area contributed by atoms with Crippen molar-refractivity contribution in [2.24, 2.45) is 5.41 Å². The molecule has 0 aliphatic rings. The van der Waals surface area contributed by atoms with Gasteiger partial charge in [0, 0.05) is 11.8 Å². The summed E-state index contributed by atoms with van der Waals surface area (Å²) in [7, 11) is 0. The van der Waals surface area contributed by atoms with Crippen LogP contribution in [-0.4, -0.2) is 80.9 Å². The highest BCUT2D eigenvalue weighted by Crippen LogP contribution is 2.18. The van der Waals surface area contributed by atoms with Crippen LogP contribution in [0.25, 0.3) is 0 Å². The smallest absolute Gasteiger partial charge is 0.303 e. The predicted molar refractivity (Wildman–Crippen MR) is 141 cm³/mol. The molecule has 7 N–H and O–H groups in total. The second kappa shape index (κ2) is 31.0. The number of hydrogen-bond acceptors (Lipinski definition) is 7. The van der Waals surface area contributed by atoms with E-state index in [1.54, 1.807) is 0 Å². The number of carboxylic acid groups (broad SMARTS) is 1. The lowest BCUT2D eigenvalue weighted by Crippen LogP contribution is -2.32. The van der Waals surface area contributed by atoms with E-state index >= 15 is 0 Å². The molecule has 0 aromatic heterocycles. The molecule has 0 aliphatic carbocycles. The van der Waals surface area contributed by atoms with Crippen LogP contribution in [0.2, 0.25) is 0 Å². The van der Waals surface area contributed by atoms with Gasteiger partial charge in [0.25, 0.3) is 0 Å². The van der Waals surface area contributed by atoms with E-state index in [0.29, 0.717) is 12.8 Å². The Morgan fingerprint density at radius 3 is 1.37 bits per heavy atom. The summed E-state index contributed by atoms with van der Waals surface area (Å²) in [5, 5.41) is 58.5. The zero-order valence-corrected chi connectivity index (χ0v) is 22.4. The predicted octanol–water partition coefficient (Wildman–Crippen LogP) is 3.80. The van der Waals surface area contributed by atoms with E-state index < -0.39 is 17.5 Å². The number of allylic oxidation sites excluding steroid dienone is 2. The minimum Gasteiger partial charge on any atom is -0.481 e. The molecule has 0 heterocycles. The number of aliphatic carboxylic acids is 1. The van der Waals surface area contributed by atoms with Crippen molar-refractivity contribution in [1.82, 2.24) is 0 Å². The van der Waals surface area contributed by atoms with Crippen LogP contribution in [0, 0.1) is 5.41 Å². The van der Waals surface area contributed by atoms with Crippen molar-refractivity contribution >= 4 is 5.97 Å². The lowest BCUT2D eigenvalue weighted by molar-refractivity contribution is -0.137. The SMILES string of the molecule is CCC(CO)(CO)CO.CCCCCCCC/C=C\CCCCCCCC(=O)O.OCC(O)CO. The molecule has 0 radical (unpaired) electrons. The van der Waals surface area contributed by atoms with Crippen molar-refractivity contribution in [2.75, 3.05) is 33.0 Å². The topological polar surface area (TPSA) is 159 Å². The second-order valence-electron chi connectivity index (χ2n) is 9.07. The molecule has 0 aromatic carbocycles. The van der Waals surface area contributed by atoms with E-state index in [9.17, 15) is 4.79 Å². The van der Waals surface area contributed by atoms with Crippen LogP contribution >= 0.6 is 0 Å². The van der Waals surface area contributed by atoms with Crippen LogP contribution in [-0.2, 0) is 4.79 Å². The maximum absolute atomic E-state index is 10.3. The monoisotopic (exact) mass is 508 g/mol. The van der Waals surface area contributed by atoms with Gasteiger partial charge in [-0.25, -0.2) is 0 Å². The minimum atomic E-state index is -0.954. The number of carbonyl (C=O) groups is 1. The summed E-state index contributed by atoms with van der Waals surface area (Å²) >= 11 is 0. The summed E-state index contributed by atoms with van der Waals surface area (Å²) in [5.41, 5.74) is -0.667. The second-order valence-corrected chi connectivity index (χ2v) is 9.07. The molecule has 212 valence electrons. The quantitative estimate of drug-likeness (QED) is 0.0911. The first kappa shape index (κ1) is 38.5. The lowest BCUT2D eigenvalue weighted by atomic mass is 9.88. The van der Waals surface area contributed by atoms with Crippen molar-refractivity contribution < 1.29 is 40.5 Å². The first-order valence-electron chi connectivity index (χ1n) is 13.4. The maximum Gasteiger partial charge on any atom is 0.303 e. The highest BCUT2D eigenvalue weighted by Gasteiger charge is 2.24. The van der Waals surface area contributed by atoms with Crippen molar-refractivity contribution in [1.29, 1.82) is 0 Å². The van der Waals surface area contributed by atoms with E-state index in [1.165, 1.54) is 70.6 Å². The van der Waals surface area contributed by atoms with Crippen molar-refractivity contribution in [3.8, 4) is 0 Å². The van der Waals surface area contributed by atoms with Gasteiger partial charge < -0.3 is 35.7 Å². The van der Waals surface area contributed by atoms with Crippen molar-refractivity contribution in [3.63, 3.8) is 0 Å². The van der Waals surface area contributed by atoms with Gasteiger partial charge in [0.15, 0.2) is 0 Å². The van der Waals surface area contributed by atoms with Gasteiger partial charge in [-0.3, -0.25) is 4.79 Å².